The van der Waals surface area contributed by atoms with Crippen molar-refractivity contribution in [2.24, 2.45) is 0 Å². The number of hydrogen-bond acceptors (Lipinski definition) is 4. The van der Waals surface area contributed by atoms with E-state index in [4.69, 9.17) is 11.6 Å². The molecule has 3 rings (SSSR count). The van der Waals surface area contributed by atoms with Crippen LogP contribution in [0.1, 0.15) is 21.5 Å². The van der Waals surface area contributed by atoms with Crippen molar-refractivity contribution in [3.63, 3.8) is 0 Å². The molecule has 6 heteroatoms. The molecule has 0 aliphatic carbocycles. The van der Waals surface area contributed by atoms with Gasteiger partial charge in [-0.1, -0.05) is 48.0 Å². The molecule has 0 unspecified atom stereocenters. The lowest BCUT2D eigenvalue weighted by Crippen LogP contribution is -2.20. The van der Waals surface area contributed by atoms with Crippen molar-refractivity contribution < 1.29 is 4.79 Å². The number of benzene rings is 2. The molecule has 0 saturated carbocycles. The third kappa shape index (κ3) is 4.37. The lowest BCUT2D eigenvalue weighted by atomic mass is 10.2. The summed E-state index contributed by atoms with van der Waals surface area (Å²) in [5.74, 6) is 0.283. The number of aromatic nitrogens is 2. The standard InChI is InChI=1S/C20H19ClN4O/c1-14-8-9-17(10-18(14)21)24-19(26)16-11-22-20(23-12-16)25(2)13-15-6-4-3-5-7-15/h3-12H,13H2,1-2H3,(H,24,26). The largest absolute Gasteiger partial charge is 0.340 e. The minimum atomic E-state index is -0.276. The molecule has 1 heterocycles. The first-order valence-corrected chi connectivity index (χ1v) is 8.55. The predicted octanol–water partition coefficient (Wildman–Crippen LogP) is 4.33. The number of rotatable bonds is 5. The minimum Gasteiger partial charge on any atom is -0.340 e. The van der Waals surface area contributed by atoms with Crippen LogP contribution < -0.4 is 10.2 Å². The second-order valence-corrected chi connectivity index (χ2v) is 6.44. The Morgan fingerprint density at radius 2 is 1.81 bits per heavy atom. The van der Waals surface area contributed by atoms with Crippen molar-refractivity contribution >= 4 is 29.1 Å². The summed E-state index contributed by atoms with van der Waals surface area (Å²) in [4.78, 5) is 22.9. The molecule has 5 nitrogen and oxygen atoms in total. The van der Waals surface area contributed by atoms with Crippen LogP contribution in [0.5, 0.6) is 0 Å². The number of carbonyl (C=O) groups excluding carboxylic acids is 1. The zero-order chi connectivity index (χ0) is 18.5. The highest BCUT2D eigenvalue weighted by atomic mass is 35.5. The molecule has 3 aromatic rings. The van der Waals surface area contributed by atoms with Crippen LogP contribution in [0.4, 0.5) is 11.6 Å². The molecule has 0 radical (unpaired) electrons. The second-order valence-electron chi connectivity index (χ2n) is 6.03. The number of carbonyl (C=O) groups is 1. The van der Waals surface area contributed by atoms with E-state index in [0.29, 0.717) is 28.8 Å². The van der Waals surface area contributed by atoms with Crippen LogP contribution in [0, 0.1) is 6.92 Å². The summed E-state index contributed by atoms with van der Waals surface area (Å²) >= 11 is 6.08. The molecule has 0 spiro atoms. The SMILES string of the molecule is Cc1ccc(NC(=O)c2cnc(N(C)Cc3ccccc3)nc2)cc1Cl. The molecule has 0 fully saturated rings. The summed E-state index contributed by atoms with van der Waals surface area (Å²) in [5.41, 5.74) is 3.14. The molecule has 1 N–H and O–H groups in total. The van der Waals surface area contributed by atoms with Crippen molar-refractivity contribution in [2.75, 3.05) is 17.3 Å². The van der Waals surface area contributed by atoms with Gasteiger partial charge in [0.25, 0.3) is 5.91 Å². The second kappa shape index (κ2) is 7.97. The summed E-state index contributed by atoms with van der Waals surface area (Å²) in [7, 11) is 1.91. The molecular weight excluding hydrogens is 348 g/mol. The van der Waals surface area contributed by atoms with Crippen molar-refractivity contribution in [1.29, 1.82) is 0 Å². The van der Waals surface area contributed by atoms with Crippen LogP contribution in [0.3, 0.4) is 0 Å². The van der Waals surface area contributed by atoms with Crippen molar-refractivity contribution in [3.05, 3.63) is 82.6 Å². The summed E-state index contributed by atoms with van der Waals surface area (Å²) in [6.07, 6.45) is 3.05. The quantitative estimate of drug-likeness (QED) is 0.730. The number of anilines is 2. The summed E-state index contributed by atoms with van der Waals surface area (Å²) in [6, 6.07) is 15.4. The number of nitrogens with one attached hydrogen (secondary N) is 1. The maximum absolute atomic E-state index is 12.3. The average molecular weight is 367 g/mol. The van der Waals surface area contributed by atoms with Gasteiger partial charge in [-0.2, -0.15) is 0 Å². The highest BCUT2D eigenvalue weighted by molar-refractivity contribution is 6.31. The third-order valence-electron chi connectivity index (χ3n) is 3.93. The van der Waals surface area contributed by atoms with Crippen LogP contribution in [-0.2, 0) is 6.54 Å². The number of hydrogen-bond donors (Lipinski definition) is 1. The van der Waals surface area contributed by atoms with Gasteiger partial charge < -0.3 is 10.2 Å². The molecule has 26 heavy (non-hydrogen) atoms. The molecule has 132 valence electrons. The molecule has 2 aromatic carbocycles. The molecular formula is C20H19ClN4O. The van der Waals surface area contributed by atoms with Crippen LogP contribution in [0.2, 0.25) is 5.02 Å². The van der Waals surface area contributed by atoms with Gasteiger partial charge in [0.15, 0.2) is 0 Å². The van der Waals surface area contributed by atoms with E-state index in [-0.39, 0.29) is 5.91 Å². The van der Waals surface area contributed by atoms with Gasteiger partial charge in [-0.15, -0.1) is 0 Å². The van der Waals surface area contributed by atoms with Gasteiger partial charge in [0, 0.05) is 36.7 Å². The van der Waals surface area contributed by atoms with E-state index in [0.717, 1.165) is 11.1 Å². The zero-order valence-electron chi connectivity index (χ0n) is 14.6. The third-order valence-corrected chi connectivity index (χ3v) is 4.34. The smallest absolute Gasteiger partial charge is 0.258 e. The number of nitrogens with zero attached hydrogens (tertiary/aromatic N) is 3. The van der Waals surface area contributed by atoms with Crippen molar-refractivity contribution in [3.8, 4) is 0 Å². The maximum Gasteiger partial charge on any atom is 0.258 e. The zero-order valence-corrected chi connectivity index (χ0v) is 15.4. The number of aryl methyl sites for hydroxylation is 1. The monoisotopic (exact) mass is 366 g/mol. The molecule has 0 atom stereocenters. The van der Waals surface area contributed by atoms with Gasteiger partial charge in [0.1, 0.15) is 0 Å². The Labute approximate surface area is 157 Å². The molecule has 0 saturated heterocycles. The van der Waals surface area contributed by atoms with Crippen LogP contribution in [0.15, 0.2) is 60.9 Å². The van der Waals surface area contributed by atoms with Gasteiger partial charge in [-0.25, -0.2) is 9.97 Å². The van der Waals surface area contributed by atoms with E-state index in [1.165, 1.54) is 12.4 Å². The summed E-state index contributed by atoms with van der Waals surface area (Å²) < 4.78 is 0. The normalized spacial score (nSPS) is 10.4. The minimum absolute atomic E-state index is 0.276. The van der Waals surface area contributed by atoms with Crippen LogP contribution in [-0.4, -0.2) is 22.9 Å². The summed E-state index contributed by atoms with van der Waals surface area (Å²) in [5, 5.41) is 3.41. The van der Waals surface area contributed by atoms with Gasteiger partial charge in [-0.05, 0) is 30.2 Å². The maximum atomic E-state index is 12.3. The van der Waals surface area contributed by atoms with E-state index < -0.39 is 0 Å². The number of halogens is 1. The van der Waals surface area contributed by atoms with Gasteiger partial charge in [0.05, 0.1) is 5.56 Å². The Morgan fingerprint density at radius 1 is 1.12 bits per heavy atom. The Morgan fingerprint density at radius 3 is 2.46 bits per heavy atom. The fourth-order valence-corrected chi connectivity index (χ4v) is 2.62. The highest BCUT2D eigenvalue weighted by Gasteiger charge is 2.10. The fraction of sp³-hybridized carbons (Fsp3) is 0.150. The van der Waals surface area contributed by atoms with Gasteiger partial charge in [-0.3, -0.25) is 4.79 Å². The van der Waals surface area contributed by atoms with E-state index in [1.807, 2.05) is 61.3 Å². The first-order valence-electron chi connectivity index (χ1n) is 8.17. The number of amides is 1. The first kappa shape index (κ1) is 17.9. The Hall–Kier alpha value is -2.92. The average Bonchev–Trinajstić information content (AvgIpc) is 2.65. The van der Waals surface area contributed by atoms with E-state index in [9.17, 15) is 4.79 Å². The summed E-state index contributed by atoms with van der Waals surface area (Å²) in [6.45, 7) is 2.60. The van der Waals surface area contributed by atoms with Gasteiger partial charge in [0.2, 0.25) is 5.95 Å². The molecule has 0 bridgehead atoms. The molecule has 1 amide bonds. The van der Waals surface area contributed by atoms with E-state index >= 15 is 0 Å². The lowest BCUT2D eigenvalue weighted by molar-refractivity contribution is 0.102. The van der Waals surface area contributed by atoms with Crippen molar-refractivity contribution in [1.82, 2.24) is 9.97 Å². The predicted molar refractivity (Wildman–Crippen MR) is 105 cm³/mol. The van der Waals surface area contributed by atoms with Gasteiger partial charge >= 0.3 is 0 Å². The fourth-order valence-electron chi connectivity index (χ4n) is 2.44. The van der Waals surface area contributed by atoms with Crippen LogP contribution in [0.25, 0.3) is 0 Å². The van der Waals surface area contributed by atoms with Crippen LogP contribution >= 0.6 is 11.6 Å². The molecule has 0 aliphatic rings. The Balaban J connectivity index is 1.66. The highest BCUT2D eigenvalue weighted by Crippen LogP contribution is 2.20. The Bertz CT molecular complexity index is 897. The van der Waals surface area contributed by atoms with Crippen molar-refractivity contribution in [2.45, 2.75) is 13.5 Å². The lowest BCUT2D eigenvalue weighted by Gasteiger charge is -2.17. The van der Waals surface area contributed by atoms with E-state index in [2.05, 4.69) is 15.3 Å². The molecule has 0 aliphatic heterocycles. The first-order chi connectivity index (χ1) is 12.5. The molecule has 1 aromatic heterocycles. The topological polar surface area (TPSA) is 58.1 Å². The van der Waals surface area contributed by atoms with E-state index in [1.54, 1.807) is 6.07 Å². The Kier molecular flexibility index (Phi) is 5.49.